The first-order chi connectivity index (χ1) is 7.66. The molecule has 0 saturated carbocycles. The second-order valence-electron chi connectivity index (χ2n) is 3.66. The van der Waals surface area contributed by atoms with Crippen LogP contribution in [0.4, 0.5) is 0 Å². The molecule has 5 heteroatoms. The maximum Gasteiger partial charge on any atom is 0.334 e. The van der Waals surface area contributed by atoms with E-state index >= 15 is 0 Å². The molecule has 0 aromatic carbocycles. The summed E-state index contributed by atoms with van der Waals surface area (Å²) in [4.78, 5) is 22.8. The van der Waals surface area contributed by atoms with Crippen molar-refractivity contribution in [1.82, 2.24) is 0 Å². The van der Waals surface area contributed by atoms with Gasteiger partial charge in [0.15, 0.2) is 0 Å². The van der Waals surface area contributed by atoms with Crippen molar-refractivity contribution < 1.29 is 19.1 Å². The number of rotatable bonds is 5. The normalized spacial score (nSPS) is 16.1. The van der Waals surface area contributed by atoms with Crippen LogP contribution in [0.3, 0.4) is 0 Å². The average molecular weight is 227 g/mol. The monoisotopic (exact) mass is 227 g/mol. The molecule has 0 aromatic heterocycles. The van der Waals surface area contributed by atoms with Crippen molar-refractivity contribution in [3.8, 4) is 0 Å². The molecule has 1 rings (SSSR count). The summed E-state index contributed by atoms with van der Waals surface area (Å²) >= 11 is 0. The highest BCUT2D eigenvalue weighted by molar-refractivity contribution is 6.02. The van der Waals surface area contributed by atoms with Gasteiger partial charge in [-0.3, -0.25) is 4.79 Å². The van der Waals surface area contributed by atoms with Crippen molar-refractivity contribution in [2.45, 2.75) is 25.7 Å². The predicted octanol–water partition coefficient (Wildman–Crippen LogP) is 0.532. The maximum atomic E-state index is 11.6. The number of hydrogen-bond donors (Lipinski definition) is 1. The molecule has 0 fully saturated rings. The Labute approximate surface area is 94.6 Å². The lowest BCUT2D eigenvalue weighted by atomic mass is 9.91. The third kappa shape index (κ3) is 3.34. The van der Waals surface area contributed by atoms with Gasteiger partial charge in [-0.25, -0.2) is 4.79 Å². The average Bonchev–Trinajstić information content (AvgIpc) is 2.29. The van der Waals surface area contributed by atoms with E-state index in [0.29, 0.717) is 30.6 Å². The molecule has 0 unspecified atom stereocenters. The Hall–Kier alpha value is -1.36. The van der Waals surface area contributed by atoms with Crippen LogP contribution < -0.4 is 5.73 Å². The number of amides is 1. The lowest BCUT2D eigenvalue weighted by molar-refractivity contribution is -0.140. The maximum absolute atomic E-state index is 11.6. The van der Waals surface area contributed by atoms with E-state index in [1.165, 1.54) is 7.11 Å². The minimum Gasteiger partial charge on any atom is -0.460 e. The van der Waals surface area contributed by atoms with E-state index in [1.54, 1.807) is 0 Å². The molecule has 1 amide bonds. The second-order valence-corrected chi connectivity index (χ2v) is 3.66. The van der Waals surface area contributed by atoms with Crippen LogP contribution in [0.1, 0.15) is 25.7 Å². The first-order valence-corrected chi connectivity index (χ1v) is 5.34. The Bertz CT molecular complexity index is 309. The van der Waals surface area contributed by atoms with E-state index in [2.05, 4.69) is 0 Å². The van der Waals surface area contributed by atoms with E-state index in [0.717, 1.165) is 12.8 Å². The zero-order chi connectivity index (χ0) is 12.0. The molecule has 0 aliphatic heterocycles. The third-order valence-electron chi connectivity index (χ3n) is 2.53. The number of esters is 1. The molecule has 0 atom stereocenters. The fourth-order valence-corrected chi connectivity index (χ4v) is 1.71. The lowest BCUT2D eigenvalue weighted by Crippen LogP contribution is -2.23. The molecule has 1 aliphatic rings. The van der Waals surface area contributed by atoms with Crippen LogP contribution in [0, 0.1) is 0 Å². The highest BCUT2D eigenvalue weighted by Gasteiger charge is 2.23. The molecule has 0 saturated heterocycles. The Morgan fingerprint density at radius 2 is 1.81 bits per heavy atom. The van der Waals surface area contributed by atoms with Crippen molar-refractivity contribution in [2.75, 3.05) is 20.3 Å². The van der Waals surface area contributed by atoms with Crippen LogP contribution in [0.15, 0.2) is 11.1 Å². The van der Waals surface area contributed by atoms with Crippen molar-refractivity contribution in [3.05, 3.63) is 11.1 Å². The molecule has 0 bridgehead atoms. The minimum absolute atomic E-state index is 0.199. The van der Waals surface area contributed by atoms with Crippen molar-refractivity contribution in [1.29, 1.82) is 0 Å². The van der Waals surface area contributed by atoms with Gasteiger partial charge in [-0.05, 0) is 25.7 Å². The van der Waals surface area contributed by atoms with Gasteiger partial charge in [0, 0.05) is 18.3 Å². The van der Waals surface area contributed by atoms with Crippen LogP contribution in [0.2, 0.25) is 0 Å². The summed E-state index contributed by atoms with van der Waals surface area (Å²) in [6.07, 6.45) is 2.94. The number of primary amides is 1. The third-order valence-corrected chi connectivity index (χ3v) is 2.53. The molecule has 90 valence electrons. The first kappa shape index (κ1) is 12.7. The Morgan fingerprint density at radius 1 is 1.19 bits per heavy atom. The fraction of sp³-hybridized carbons (Fsp3) is 0.636. The molecule has 16 heavy (non-hydrogen) atoms. The molecule has 2 N–H and O–H groups in total. The summed E-state index contributed by atoms with van der Waals surface area (Å²) in [5.74, 6) is -0.955. The highest BCUT2D eigenvalue weighted by atomic mass is 16.6. The van der Waals surface area contributed by atoms with Gasteiger partial charge in [0.25, 0.3) is 0 Å². The number of nitrogens with two attached hydrogens (primary N) is 1. The summed E-state index contributed by atoms with van der Waals surface area (Å²) in [5.41, 5.74) is 6.09. The van der Waals surface area contributed by atoms with Gasteiger partial charge >= 0.3 is 5.97 Å². The lowest BCUT2D eigenvalue weighted by Gasteiger charge is -2.16. The molecule has 0 spiro atoms. The second kappa shape index (κ2) is 6.27. The molecule has 0 radical (unpaired) electrons. The zero-order valence-electron chi connectivity index (χ0n) is 9.45. The molecule has 1 aliphatic carbocycles. The van der Waals surface area contributed by atoms with Gasteiger partial charge in [-0.15, -0.1) is 0 Å². The van der Waals surface area contributed by atoms with Gasteiger partial charge in [0.2, 0.25) is 5.91 Å². The molecule has 0 heterocycles. The smallest absolute Gasteiger partial charge is 0.334 e. The number of carbonyl (C=O) groups excluding carboxylic acids is 2. The summed E-state index contributed by atoms with van der Waals surface area (Å²) in [6, 6.07) is 0. The standard InChI is InChI=1S/C11H17NO4/c1-15-6-7-16-11(14)9-5-3-2-4-8(9)10(12)13/h2-7H2,1H3,(H2,12,13). The summed E-state index contributed by atoms with van der Waals surface area (Å²) < 4.78 is 9.74. The topological polar surface area (TPSA) is 78.6 Å². The van der Waals surface area contributed by atoms with Gasteiger partial charge in [-0.2, -0.15) is 0 Å². The van der Waals surface area contributed by atoms with Crippen molar-refractivity contribution in [3.63, 3.8) is 0 Å². The van der Waals surface area contributed by atoms with Gasteiger partial charge in [0.05, 0.1) is 6.61 Å². The number of carbonyl (C=O) groups is 2. The summed E-state index contributed by atoms with van der Waals surface area (Å²) in [6.45, 7) is 0.551. The highest BCUT2D eigenvalue weighted by Crippen LogP contribution is 2.25. The van der Waals surface area contributed by atoms with E-state index in [1.807, 2.05) is 0 Å². The van der Waals surface area contributed by atoms with Crippen LogP contribution >= 0.6 is 0 Å². The largest absolute Gasteiger partial charge is 0.460 e. The van der Waals surface area contributed by atoms with Crippen LogP contribution in [0.25, 0.3) is 0 Å². The van der Waals surface area contributed by atoms with E-state index in [-0.39, 0.29) is 6.61 Å². The van der Waals surface area contributed by atoms with Crippen LogP contribution in [-0.4, -0.2) is 32.2 Å². The Balaban J connectivity index is 2.66. The number of ether oxygens (including phenoxy) is 2. The summed E-state index contributed by atoms with van der Waals surface area (Å²) in [7, 11) is 1.53. The summed E-state index contributed by atoms with van der Waals surface area (Å²) in [5, 5.41) is 0. The van der Waals surface area contributed by atoms with E-state index in [9.17, 15) is 9.59 Å². The minimum atomic E-state index is -0.515. The van der Waals surface area contributed by atoms with Crippen LogP contribution in [-0.2, 0) is 19.1 Å². The fourth-order valence-electron chi connectivity index (χ4n) is 1.71. The number of methoxy groups -OCH3 is 1. The molecular weight excluding hydrogens is 210 g/mol. The van der Waals surface area contributed by atoms with Gasteiger partial charge in [-0.1, -0.05) is 0 Å². The molecule has 0 aromatic rings. The van der Waals surface area contributed by atoms with E-state index < -0.39 is 11.9 Å². The van der Waals surface area contributed by atoms with E-state index in [4.69, 9.17) is 15.2 Å². The zero-order valence-corrected chi connectivity index (χ0v) is 9.45. The van der Waals surface area contributed by atoms with Gasteiger partial charge < -0.3 is 15.2 Å². The van der Waals surface area contributed by atoms with Crippen LogP contribution in [0.5, 0.6) is 0 Å². The SMILES string of the molecule is COCCOC(=O)C1=C(C(N)=O)CCCC1. The predicted molar refractivity (Wildman–Crippen MR) is 57.5 cm³/mol. The Morgan fingerprint density at radius 3 is 2.38 bits per heavy atom. The van der Waals surface area contributed by atoms with Crippen molar-refractivity contribution in [2.24, 2.45) is 5.73 Å². The molecular formula is C11H17NO4. The number of hydrogen-bond acceptors (Lipinski definition) is 4. The Kier molecular flexibility index (Phi) is 4.98. The molecule has 5 nitrogen and oxygen atoms in total. The first-order valence-electron chi connectivity index (χ1n) is 5.34. The quantitative estimate of drug-likeness (QED) is 0.549. The van der Waals surface area contributed by atoms with Gasteiger partial charge in [0.1, 0.15) is 6.61 Å². The van der Waals surface area contributed by atoms with Crippen molar-refractivity contribution >= 4 is 11.9 Å².